The second-order valence-corrected chi connectivity index (χ2v) is 7.69. The third-order valence-electron chi connectivity index (χ3n) is 4.63. The number of rotatable bonds is 8. The van der Waals surface area contributed by atoms with E-state index in [1.54, 1.807) is 24.4 Å². The maximum Gasteiger partial charge on any atom is 0.135 e. The highest BCUT2D eigenvalue weighted by molar-refractivity contribution is 7.97. The van der Waals surface area contributed by atoms with Crippen molar-refractivity contribution in [2.24, 2.45) is 4.99 Å². The van der Waals surface area contributed by atoms with Crippen molar-refractivity contribution in [3.63, 3.8) is 0 Å². The van der Waals surface area contributed by atoms with Gasteiger partial charge in [-0.2, -0.15) is 5.10 Å². The molecular weight excluding hydrogens is 394 g/mol. The summed E-state index contributed by atoms with van der Waals surface area (Å²) in [4.78, 5) is 10.2. The summed E-state index contributed by atoms with van der Waals surface area (Å²) in [5.74, 6) is 0.378. The van der Waals surface area contributed by atoms with E-state index >= 15 is 0 Å². The number of aromatic amines is 1. The molecule has 0 amide bonds. The van der Waals surface area contributed by atoms with Crippen molar-refractivity contribution >= 4 is 40.6 Å². The van der Waals surface area contributed by atoms with Gasteiger partial charge < -0.3 is 11.5 Å². The Kier molecular flexibility index (Phi) is 6.26. The number of nitrogens with one attached hydrogen (secondary N) is 2. The van der Waals surface area contributed by atoms with Gasteiger partial charge in [0.1, 0.15) is 5.82 Å². The molecule has 0 radical (unpaired) electrons. The summed E-state index contributed by atoms with van der Waals surface area (Å²) in [7, 11) is 0. The molecule has 0 unspecified atom stereocenters. The lowest BCUT2D eigenvalue weighted by molar-refractivity contribution is 0.811. The Bertz CT molecular complexity index is 1140. The van der Waals surface area contributed by atoms with Crippen LogP contribution in [0.4, 0.5) is 11.5 Å². The Hall–Kier alpha value is -3.36. The summed E-state index contributed by atoms with van der Waals surface area (Å²) in [5.41, 5.74) is 16.4. The first kappa shape index (κ1) is 19.9. The summed E-state index contributed by atoms with van der Waals surface area (Å²) >= 11 is 1.62. The number of pyridine rings is 1. The number of benzene rings is 2. The molecule has 0 fully saturated rings. The smallest absolute Gasteiger partial charge is 0.135 e. The third kappa shape index (κ3) is 4.61. The number of hydrogen-bond acceptors (Lipinski definition) is 7. The standard InChI is InChI=1S/C22H23N7S/c23-21-17-8-7-15(19-9-12-26-29-19)13-20(17)28-22(24)18(21)14-25-10-4-11-27-30-16-5-2-1-3-6-16/h1-3,5-9,12-14,27H,4,10-11H2,(H,26,29)(H4,23,24,28). The first-order valence-corrected chi connectivity index (χ1v) is 10.5. The number of fused-ring (bicyclic) bond motifs is 1. The van der Waals surface area contributed by atoms with Gasteiger partial charge >= 0.3 is 0 Å². The Labute approximate surface area is 179 Å². The first-order valence-electron chi connectivity index (χ1n) is 9.65. The molecule has 4 aromatic rings. The van der Waals surface area contributed by atoms with Gasteiger partial charge in [0.25, 0.3) is 0 Å². The number of aromatic nitrogens is 3. The molecule has 2 heterocycles. The van der Waals surface area contributed by atoms with Crippen LogP contribution >= 0.6 is 11.9 Å². The van der Waals surface area contributed by atoms with Crippen LogP contribution in [-0.4, -0.2) is 34.5 Å². The number of nitrogen functional groups attached to an aromatic ring is 2. The average Bonchev–Trinajstić information content (AvgIpc) is 3.30. The third-order valence-corrected chi connectivity index (χ3v) is 5.48. The maximum absolute atomic E-state index is 6.37. The molecule has 8 heteroatoms. The average molecular weight is 418 g/mol. The molecule has 0 saturated heterocycles. The van der Waals surface area contributed by atoms with Crippen molar-refractivity contribution in [1.29, 1.82) is 0 Å². The van der Waals surface area contributed by atoms with Crippen molar-refractivity contribution in [1.82, 2.24) is 19.9 Å². The Morgan fingerprint density at radius 1 is 1.10 bits per heavy atom. The van der Waals surface area contributed by atoms with E-state index in [0.29, 0.717) is 23.6 Å². The fourth-order valence-corrected chi connectivity index (χ4v) is 3.77. The molecule has 2 aromatic carbocycles. The van der Waals surface area contributed by atoms with Gasteiger partial charge in [-0.3, -0.25) is 14.8 Å². The fourth-order valence-electron chi connectivity index (χ4n) is 3.07. The van der Waals surface area contributed by atoms with E-state index in [1.807, 2.05) is 42.5 Å². The van der Waals surface area contributed by atoms with Crippen molar-refractivity contribution in [3.8, 4) is 11.3 Å². The van der Waals surface area contributed by atoms with Crippen molar-refractivity contribution in [3.05, 3.63) is 66.4 Å². The molecule has 0 aliphatic rings. The van der Waals surface area contributed by atoms with E-state index < -0.39 is 0 Å². The van der Waals surface area contributed by atoms with Crippen LogP contribution in [0.3, 0.4) is 0 Å². The molecule has 6 N–H and O–H groups in total. The predicted molar refractivity (Wildman–Crippen MR) is 126 cm³/mol. The molecule has 0 aliphatic carbocycles. The van der Waals surface area contributed by atoms with Gasteiger partial charge in [-0.1, -0.05) is 30.3 Å². The summed E-state index contributed by atoms with van der Waals surface area (Å²) in [6.07, 6.45) is 4.35. The number of hydrogen-bond donors (Lipinski definition) is 4. The minimum Gasteiger partial charge on any atom is -0.398 e. The highest BCUT2D eigenvalue weighted by Gasteiger charge is 2.10. The van der Waals surface area contributed by atoms with Crippen LogP contribution in [0, 0.1) is 0 Å². The van der Waals surface area contributed by atoms with E-state index in [9.17, 15) is 0 Å². The molecule has 7 nitrogen and oxygen atoms in total. The first-order chi connectivity index (χ1) is 14.7. The maximum atomic E-state index is 6.37. The summed E-state index contributed by atoms with van der Waals surface area (Å²) in [6, 6.07) is 18.0. The zero-order valence-electron chi connectivity index (χ0n) is 16.4. The van der Waals surface area contributed by atoms with Crippen molar-refractivity contribution in [2.75, 3.05) is 24.6 Å². The van der Waals surface area contributed by atoms with Gasteiger partial charge in [-0.25, -0.2) is 4.98 Å². The molecule has 0 atom stereocenters. The van der Waals surface area contributed by atoms with E-state index in [4.69, 9.17) is 11.5 Å². The van der Waals surface area contributed by atoms with Crippen LogP contribution in [0.5, 0.6) is 0 Å². The lowest BCUT2D eigenvalue weighted by Gasteiger charge is -2.09. The van der Waals surface area contributed by atoms with E-state index in [0.717, 1.165) is 35.1 Å². The number of nitrogens with two attached hydrogens (primary N) is 2. The largest absolute Gasteiger partial charge is 0.398 e. The lowest BCUT2D eigenvalue weighted by Crippen LogP contribution is -2.07. The molecule has 152 valence electrons. The van der Waals surface area contributed by atoms with E-state index in [-0.39, 0.29) is 0 Å². The minimum atomic E-state index is 0.378. The molecule has 4 rings (SSSR count). The number of anilines is 2. The highest BCUT2D eigenvalue weighted by Crippen LogP contribution is 2.29. The van der Waals surface area contributed by atoms with Crippen LogP contribution in [0.2, 0.25) is 0 Å². The van der Waals surface area contributed by atoms with Gasteiger partial charge in [0.05, 0.1) is 22.5 Å². The Balaban J connectivity index is 1.38. The fraction of sp³-hybridized carbons (Fsp3) is 0.136. The van der Waals surface area contributed by atoms with E-state index in [2.05, 4.69) is 37.0 Å². The van der Waals surface area contributed by atoms with E-state index in [1.165, 1.54) is 4.90 Å². The topological polar surface area (TPSA) is 118 Å². The van der Waals surface area contributed by atoms with Crippen LogP contribution in [0.15, 0.2) is 70.7 Å². The SMILES string of the molecule is Nc1nc2cc(-c3ccn[nH]3)ccc2c(N)c1C=NCCCNSc1ccccc1. The normalized spacial score (nSPS) is 11.5. The van der Waals surface area contributed by atoms with Crippen LogP contribution in [-0.2, 0) is 0 Å². The molecule has 0 spiro atoms. The Morgan fingerprint density at radius 3 is 2.77 bits per heavy atom. The van der Waals surface area contributed by atoms with Gasteiger partial charge in [0, 0.05) is 41.3 Å². The molecule has 0 saturated carbocycles. The summed E-state index contributed by atoms with van der Waals surface area (Å²) < 4.78 is 3.34. The zero-order valence-corrected chi connectivity index (χ0v) is 17.2. The van der Waals surface area contributed by atoms with Crippen LogP contribution < -0.4 is 16.2 Å². The second-order valence-electron chi connectivity index (χ2n) is 6.72. The molecule has 0 bridgehead atoms. The van der Waals surface area contributed by atoms with Crippen molar-refractivity contribution < 1.29 is 0 Å². The summed E-state index contributed by atoms with van der Waals surface area (Å²) in [5, 5.41) is 7.79. The Morgan fingerprint density at radius 2 is 1.97 bits per heavy atom. The monoisotopic (exact) mass is 417 g/mol. The number of aliphatic imine (C=N–C) groups is 1. The van der Waals surface area contributed by atoms with Gasteiger partial charge in [0.2, 0.25) is 0 Å². The van der Waals surface area contributed by atoms with Crippen molar-refractivity contribution in [2.45, 2.75) is 11.3 Å². The molecule has 2 aromatic heterocycles. The number of H-pyrrole nitrogens is 1. The number of nitrogens with zero attached hydrogens (tertiary/aromatic N) is 3. The highest BCUT2D eigenvalue weighted by atomic mass is 32.2. The van der Waals surface area contributed by atoms with Gasteiger partial charge in [-0.05, 0) is 42.6 Å². The predicted octanol–water partition coefficient (Wildman–Crippen LogP) is 3.90. The van der Waals surface area contributed by atoms with Gasteiger partial charge in [0.15, 0.2) is 0 Å². The quantitative estimate of drug-likeness (QED) is 0.196. The minimum absolute atomic E-state index is 0.378. The second kappa shape index (κ2) is 9.43. The molecular formula is C22H23N7S. The lowest BCUT2D eigenvalue weighted by atomic mass is 10.1. The molecule has 30 heavy (non-hydrogen) atoms. The van der Waals surface area contributed by atoms with Crippen LogP contribution in [0.1, 0.15) is 12.0 Å². The molecule has 0 aliphatic heterocycles. The zero-order chi connectivity index (χ0) is 20.8. The summed E-state index contributed by atoms with van der Waals surface area (Å²) in [6.45, 7) is 1.53. The van der Waals surface area contributed by atoms with Gasteiger partial charge in [-0.15, -0.1) is 0 Å². The van der Waals surface area contributed by atoms with Crippen LogP contribution in [0.25, 0.3) is 22.2 Å².